The Hall–Kier alpha value is -0.850. The van der Waals surface area contributed by atoms with Crippen molar-refractivity contribution in [2.45, 2.75) is 19.5 Å². The molecule has 0 heterocycles. The number of nitrogens with one attached hydrogen (secondary N) is 1. The van der Waals surface area contributed by atoms with Gasteiger partial charge in [0.2, 0.25) is 5.91 Å². The van der Waals surface area contributed by atoms with Crippen molar-refractivity contribution in [2.75, 3.05) is 6.54 Å². The molecule has 0 rings (SSSR count). The molecular weight excluding hydrogens is 217 g/mol. The summed E-state index contributed by atoms with van der Waals surface area (Å²) < 4.78 is 35.0. The van der Waals surface area contributed by atoms with Gasteiger partial charge in [-0.3, -0.25) is 4.79 Å². The van der Waals surface area contributed by atoms with Crippen molar-refractivity contribution < 1.29 is 18.0 Å². The second kappa shape index (κ2) is 5.14. The van der Waals surface area contributed by atoms with E-state index in [0.717, 1.165) is 0 Å². The molecule has 0 radical (unpaired) electrons. The predicted molar refractivity (Wildman–Crippen MR) is 49.6 cm³/mol. The Balaban J connectivity index is 3.81. The van der Waals surface area contributed by atoms with Gasteiger partial charge >= 0.3 is 6.18 Å². The second-order valence-corrected chi connectivity index (χ2v) is 3.25. The third kappa shape index (κ3) is 5.74. The fourth-order valence-corrected chi connectivity index (χ4v) is 0.717. The lowest BCUT2D eigenvalue weighted by Gasteiger charge is -2.11. The first-order chi connectivity index (χ1) is 6.24. The van der Waals surface area contributed by atoms with Gasteiger partial charge < -0.3 is 11.1 Å². The van der Waals surface area contributed by atoms with Crippen LogP contribution in [0.2, 0.25) is 0 Å². The molecule has 0 aromatic carbocycles. The molecule has 3 nitrogen and oxygen atoms in total. The minimum atomic E-state index is -4.26. The van der Waals surface area contributed by atoms with E-state index in [1.165, 1.54) is 6.92 Å². The van der Waals surface area contributed by atoms with E-state index in [1.807, 2.05) is 0 Å². The van der Waals surface area contributed by atoms with Crippen LogP contribution in [0.25, 0.3) is 0 Å². The average molecular weight is 228 g/mol. The number of halogens is 3. The maximum absolute atomic E-state index is 11.7. The smallest absolute Gasteiger partial charge is 0.390 e. The summed E-state index contributed by atoms with van der Waals surface area (Å²) in [6, 6.07) is 0. The van der Waals surface area contributed by atoms with Crippen molar-refractivity contribution in [1.82, 2.24) is 5.32 Å². The van der Waals surface area contributed by atoms with Crippen LogP contribution in [-0.4, -0.2) is 23.6 Å². The summed E-state index contributed by atoms with van der Waals surface area (Å²) in [7, 11) is 0. The summed E-state index contributed by atoms with van der Waals surface area (Å²) in [4.78, 5) is 11.0. The third-order valence-electron chi connectivity index (χ3n) is 1.53. The molecule has 0 fully saturated rings. The molecule has 0 aliphatic carbocycles. The standard InChI is InChI=1S/C7H11F3N2OS/c1-4(5(11)14)6(13)12-3-2-7(8,9)10/h4H,2-3H2,1H3,(H2,11,14)(H,12,13). The minimum Gasteiger partial charge on any atom is -0.393 e. The summed E-state index contributed by atoms with van der Waals surface area (Å²) in [6.07, 6.45) is -5.32. The molecule has 0 spiro atoms. The van der Waals surface area contributed by atoms with Crippen molar-refractivity contribution in [2.24, 2.45) is 11.7 Å². The Morgan fingerprint density at radius 2 is 2.07 bits per heavy atom. The van der Waals surface area contributed by atoms with Crippen LogP contribution in [0.15, 0.2) is 0 Å². The van der Waals surface area contributed by atoms with E-state index < -0.39 is 31.0 Å². The van der Waals surface area contributed by atoms with Gasteiger partial charge in [0.1, 0.15) is 0 Å². The number of hydrogen-bond acceptors (Lipinski definition) is 2. The molecule has 7 heteroatoms. The lowest BCUT2D eigenvalue weighted by molar-refractivity contribution is -0.135. The van der Waals surface area contributed by atoms with Crippen molar-refractivity contribution >= 4 is 23.1 Å². The maximum atomic E-state index is 11.7. The summed E-state index contributed by atoms with van der Waals surface area (Å²) in [5.74, 6) is -1.32. The number of hydrogen-bond donors (Lipinski definition) is 2. The normalized spacial score (nSPS) is 13.4. The Kier molecular flexibility index (Phi) is 4.82. The first kappa shape index (κ1) is 13.2. The molecule has 14 heavy (non-hydrogen) atoms. The van der Waals surface area contributed by atoms with Gasteiger partial charge in [-0.05, 0) is 6.92 Å². The number of alkyl halides is 3. The van der Waals surface area contributed by atoms with Gasteiger partial charge in [-0.2, -0.15) is 13.2 Å². The monoisotopic (exact) mass is 228 g/mol. The molecule has 0 saturated carbocycles. The van der Waals surface area contributed by atoms with E-state index in [0.29, 0.717) is 0 Å². The van der Waals surface area contributed by atoms with Crippen LogP contribution in [0.5, 0.6) is 0 Å². The highest BCUT2D eigenvalue weighted by Crippen LogP contribution is 2.18. The highest BCUT2D eigenvalue weighted by Gasteiger charge is 2.27. The van der Waals surface area contributed by atoms with Gasteiger partial charge in [-0.15, -0.1) is 0 Å². The molecule has 0 aromatic rings. The quantitative estimate of drug-likeness (QED) is 0.705. The summed E-state index contributed by atoms with van der Waals surface area (Å²) in [6.45, 7) is 0.987. The molecule has 1 unspecified atom stereocenters. The van der Waals surface area contributed by atoms with Crippen LogP contribution in [-0.2, 0) is 4.79 Å². The fraction of sp³-hybridized carbons (Fsp3) is 0.714. The van der Waals surface area contributed by atoms with E-state index in [9.17, 15) is 18.0 Å². The van der Waals surface area contributed by atoms with E-state index in [4.69, 9.17) is 5.73 Å². The SMILES string of the molecule is CC(C(=O)NCCC(F)(F)F)C(N)=S. The lowest BCUT2D eigenvalue weighted by atomic mass is 10.1. The van der Waals surface area contributed by atoms with Crippen molar-refractivity contribution in [3.05, 3.63) is 0 Å². The highest BCUT2D eigenvalue weighted by molar-refractivity contribution is 7.80. The van der Waals surface area contributed by atoms with Crippen LogP contribution in [0.3, 0.4) is 0 Å². The zero-order valence-corrected chi connectivity index (χ0v) is 8.34. The number of amides is 1. The number of thiocarbonyl (C=S) groups is 1. The number of nitrogens with two attached hydrogens (primary N) is 1. The van der Waals surface area contributed by atoms with Gasteiger partial charge in [-0.1, -0.05) is 12.2 Å². The van der Waals surface area contributed by atoms with Gasteiger partial charge in [-0.25, -0.2) is 0 Å². The van der Waals surface area contributed by atoms with Crippen molar-refractivity contribution in [1.29, 1.82) is 0 Å². The molecule has 0 saturated heterocycles. The molecule has 0 aliphatic rings. The second-order valence-electron chi connectivity index (χ2n) is 2.78. The molecule has 0 aliphatic heterocycles. The zero-order valence-electron chi connectivity index (χ0n) is 7.52. The Morgan fingerprint density at radius 3 is 2.43 bits per heavy atom. The largest absolute Gasteiger partial charge is 0.393 e. The molecule has 3 N–H and O–H groups in total. The van der Waals surface area contributed by atoms with Crippen molar-refractivity contribution in [3.63, 3.8) is 0 Å². The van der Waals surface area contributed by atoms with Crippen molar-refractivity contribution in [3.8, 4) is 0 Å². The minimum absolute atomic E-state index is 0.0329. The zero-order chi connectivity index (χ0) is 11.4. The average Bonchev–Trinajstić information content (AvgIpc) is 2.00. The van der Waals surface area contributed by atoms with Gasteiger partial charge in [0.05, 0.1) is 17.3 Å². The maximum Gasteiger partial charge on any atom is 0.390 e. The van der Waals surface area contributed by atoms with E-state index >= 15 is 0 Å². The first-order valence-electron chi connectivity index (χ1n) is 3.88. The van der Waals surface area contributed by atoms with Gasteiger partial charge in [0, 0.05) is 6.54 Å². The van der Waals surface area contributed by atoms with Gasteiger partial charge in [0.25, 0.3) is 0 Å². The number of rotatable bonds is 4. The molecular formula is C7H11F3N2OS. The van der Waals surface area contributed by atoms with E-state index in [1.54, 1.807) is 0 Å². The summed E-state index contributed by atoms with van der Waals surface area (Å²) in [5.41, 5.74) is 5.14. The number of carbonyl (C=O) groups is 1. The van der Waals surface area contributed by atoms with Crippen LogP contribution in [0.1, 0.15) is 13.3 Å². The summed E-state index contributed by atoms with van der Waals surface area (Å²) in [5, 5.41) is 2.09. The third-order valence-corrected chi connectivity index (χ3v) is 1.88. The van der Waals surface area contributed by atoms with Crippen LogP contribution >= 0.6 is 12.2 Å². The summed E-state index contributed by atoms with van der Waals surface area (Å²) >= 11 is 4.51. The number of carbonyl (C=O) groups excluding carboxylic acids is 1. The topological polar surface area (TPSA) is 55.1 Å². The molecule has 0 aromatic heterocycles. The lowest BCUT2D eigenvalue weighted by Crippen LogP contribution is -2.37. The predicted octanol–water partition coefficient (Wildman–Crippen LogP) is 0.977. The van der Waals surface area contributed by atoms with Crippen LogP contribution < -0.4 is 11.1 Å². The highest BCUT2D eigenvalue weighted by atomic mass is 32.1. The van der Waals surface area contributed by atoms with E-state index in [2.05, 4.69) is 17.5 Å². The van der Waals surface area contributed by atoms with Gasteiger partial charge in [0.15, 0.2) is 0 Å². The molecule has 82 valence electrons. The molecule has 1 atom stereocenters. The molecule has 0 bridgehead atoms. The first-order valence-corrected chi connectivity index (χ1v) is 4.28. The Bertz CT molecular complexity index is 229. The van der Waals surface area contributed by atoms with E-state index in [-0.39, 0.29) is 4.99 Å². The Labute approximate surface area is 84.8 Å². The fourth-order valence-electron chi connectivity index (χ4n) is 0.610. The Morgan fingerprint density at radius 1 is 1.57 bits per heavy atom. The van der Waals surface area contributed by atoms with Crippen LogP contribution in [0.4, 0.5) is 13.2 Å². The van der Waals surface area contributed by atoms with Crippen LogP contribution in [0, 0.1) is 5.92 Å². The molecule has 1 amide bonds.